The van der Waals surface area contributed by atoms with E-state index in [1.807, 2.05) is 44.2 Å². The van der Waals surface area contributed by atoms with E-state index in [-0.39, 0.29) is 23.1 Å². The van der Waals surface area contributed by atoms with Gasteiger partial charge in [0.25, 0.3) is 10.0 Å². The molecule has 9 nitrogen and oxygen atoms in total. The third kappa shape index (κ3) is 6.33. The maximum atomic E-state index is 11.8. The number of anilines is 1. The second-order valence-corrected chi connectivity index (χ2v) is 10.2. The van der Waals surface area contributed by atoms with Crippen molar-refractivity contribution in [3.63, 3.8) is 0 Å². The number of hydrogen-bond acceptors (Lipinski definition) is 6. The standard InChI is InChI=1S/C22H30N4O5S/c1-22(2)13-17(14-26(22)21(27)28)9-6-10-24-19-11-18(12-20(25-19)32(23,29)30)31-15-16-7-4-3-5-8-16/h3-5,7-8,11-12,17H,6,9-10,13-15H2,1-2H3,(H,24,25)(H,27,28)(H2,23,29,30)/t17-/m0/s1. The SMILES string of the molecule is CC1(C)C[C@H](CCCNc2cc(OCc3ccccc3)cc(S(N)(=O)=O)n2)CN1C(=O)O. The van der Waals surface area contributed by atoms with Gasteiger partial charge in [-0.1, -0.05) is 30.3 Å². The van der Waals surface area contributed by atoms with Gasteiger partial charge in [-0.2, -0.15) is 0 Å². The molecule has 4 N–H and O–H groups in total. The van der Waals surface area contributed by atoms with E-state index in [9.17, 15) is 18.3 Å². The number of carbonyl (C=O) groups is 1. The van der Waals surface area contributed by atoms with E-state index < -0.39 is 16.1 Å². The molecule has 1 aromatic heterocycles. The number of ether oxygens (including phenoxy) is 1. The molecule has 0 saturated carbocycles. The topological polar surface area (TPSA) is 135 Å². The molecule has 0 spiro atoms. The van der Waals surface area contributed by atoms with E-state index in [2.05, 4.69) is 10.3 Å². The Morgan fingerprint density at radius 1 is 1.31 bits per heavy atom. The minimum Gasteiger partial charge on any atom is -0.489 e. The van der Waals surface area contributed by atoms with Crippen LogP contribution in [-0.4, -0.2) is 48.1 Å². The summed E-state index contributed by atoms with van der Waals surface area (Å²) in [5.74, 6) is 1.000. The number of primary sulfonamides is 1. The van der Waals surface area contributed by atoms with Crippen LogP contribution >= 0.6 is 0 Å². The van der Waals surface area contributed by atoms with Crippen LogP contribution in [-0.2, 0) is 16.6 Å². The van der Waals surface area contributed by atoms with Gasteiger partial charge < -0.3 is 20.1 Å². The summed E-state index contributed by atoms with van der Waals surface area (Å²) in [6.45, 7) is 5.26. The van der Waals surface area contributed by atoms with Crippen molar-refractivity contribution in [2.24, 2.45) is 11.1 Å². The van der Waals surface area contributed by atoms with Gasteiger partial charge in [-0.15, -0.1) is 0 Å². The Morgan fingerprint density at radius 3 is 2.66 bits per heavy atom. The van der Waals surface area contributed by atoms with Crippen LogP contribution in [0.5, 0.6) is 5.75 Å². The predicted octanol–water partition coefficient (Wildman–Crippen LogP) is 3.28. The lowest BCUT2D eigenvalue weighted by Gasteiger charge is -2.28. The van der Waals surface area contributed by atoms with E-state index in [1.165, 1.54) is 11.0 Å². The lowest BCUT2D eigenvalue weighted by atomic mass is 9.93. The number of hydrogen-bond donors (Lipinski definition) is 3. The Kier molecular flexibility index (Phi) is 7.25. The van der Waals surface area contributed by atoms with Crippen molar-refractivity contribution in [3.8, 4) is 5.75 Å². The van der Waals surface area contributed by atoms with Gasteiger partial charge in [0, 0.05) is 30.8 Å². The molecule has 1 aliphatic heterocycles. The van der Waals surface area contributed by atoms with E-state index in [1.54, 1.807) is 6.07 Å². The van der Waals surface area contributed by atoms with Gasteiger partial charge in [-0.3, -0.25) is 0 Å². The van der Waals surface area contributed by atoms with Crippen molar-refractivity contribution >= 4 is 21.9 Å². The van der Waals surface area contributed by atoms with Crippen LogP contribution < -0.4 is 15.2 Å². The highest BCUT2D eigenvalue weighted by molar-refractivity contribution is 7.89. The third-order valence-corrected chi connectivity index (χ3v) is 6.39. The summed E-state index contributed by atoms with van der Waals surface area (Å²) in [7, 11) is -3.99. The summed E-state index contributed by atoms with van der Waals surface area (Å²) in [4.78, 5) is 17.0. The smallest absolute Gasteiger partial charge is 0.407 e. The number of likely N-dealkylation sites (tertiary alicyclic amines) is 1. The Morgan fingerprint density at radius 2 is 2.03 bits per heavy atom. The van der Waals surface area contributed by atoms with Gasteiger partial charge in [0.2, 0.25) is 0 Å². The van der Waals surface area contributed by atoms with Crippen molar-refractivity contribution in [1.82, 2.24) is 9.88 Å². The van der Waals surface area contributed by atoms with Gasteiger partial charge in [0.05, 0.1) is 0 Å². The Bertz CT molecular complexity index is 1040. The van der Waals surface area contributed by atoms with Crippen molar-refractivity contribution in [3.05, 3.63) is 48.0 Å². The fraction of sp³-hybridized carbons (Fsp3) is 0.455. The van der Waals surface area contributed by atoms with Crippen molar-refractivity contribution in [1.29, 1.82) is 0 Å². The molecule has 0 bridgehead atoms. The summed E-state index contributed by atoms with van der Waals surface area (Å²) in [6, 6.07) is 12.5. The lowest BCUT2D eigenvalue weighted by molar-refractivity contribution is 0.117. The second kappa shape index (κ2) is 9.74. The maximum Gasteiger partial charge on any atom is 0.407 e. The molecule has 1 aromatic carbocycles. The first-order valence-corrected chi connectivity index (χ1v) is 12.1. The first-order valence-electron chi connectivity index (χ1n) is 10.5. The van der Waals surface area contributed by atoms with Crippen LogP contribution in [0.25, 0.3) is 0 Å². The van der Waals surface area contributed by atoms with Crippen molar-refractivity contribution in [2.75, 3.05) is 18.4 Å². The molecule has 1 atom stereocenters. The van der Waals surface area contributed by atoms with Crippen LogP contribution in [0.3, 0.4) is 0 Å². The summed E-state index contributed by atoms with van der Waals surface area (Å²) in [6.07, 6.45) is 1.57. The highest BCUT2D eigenvalue weighted by Gasteiger charge is 2.40. The van der Waals surface area contributed by atoms with Crippen LogP contribution in [0.1, 0.15) is 38.7 Å². The van der Waals surface area contributed by atoms with Gasteiger partial charge in [-0.25, -0.2) is 23.3 Å². The van der Waals surface area contributed by atoms with E-state index >= 15 is 0 Å². The zero-order valence-corrected chi connectivity index (χ0v) is 19.1. The zero-order valence-electron chi connectivity index (χ0n) is 18.3. The number of nitrogens with zero attached hydrogens (tertiary/aromatic N) is 2. The number of nitrogens with two attached hydrogens (primary N) is 1. The first kappa shape index (κ1) is 23.8. The molecule has 0 radical (unpaired) electrons. The number of nitrogens with one attached hydrogen (secondary N) is 1. The molecule has 1 saturated heterocycles. The predicted molar refractivity (Wildman–Crippen MR) is 121 cm³/mol. The number of sulfonamides is 1. The first-order chi connectivity index (χ1) is 15.0. The fourth-order valence-electron chi connectivity index (χ4n) is 4.07. The molecule has 1 aliphatic rings. The average molecular weight is 463 g/mol. The molecular formula is C22H30N4O5S. The van der Waals surface area contributed by atoms with Gasteiger partial charge in [0.15, 0.2) is 5.03 Å². The monoisotopic (exact) mass is 462 g/mol. The molecule has 1 amide bonds. The van der Waals surface area contributed by atoms with Gasteiger partial charge >= 0.3 is 6.09 Å². The minimum atomic E-state index is -3.99. The molecule has 0 aliphatic carbocycles. The minimum absolute atomic E-state index is 0.264. The number of benzene rings is 1. The van der Waals surface area contributed by atoms with E-state index in [0.717, 1.165) is 24.8 Å². The van der Waals surface area contributed by atoms with E-state index in [0.29, 0.717) is 24.7 Å². The average Bonchev–Trinajstić information content (AvgIpc) is 3.04. The molecule has 1 fully saturated rings. The Labute approximate surface area is 188 Å². The maximum absolute atomic E-state index is 11.8. The van der Waals surface area contributed by atoms with Crippen molar-refractivity contribution in [2.45, 2.75) is 50.3 Å². The number of rotatable bonds is 9. The molecule has 2 heterocycles. The number of pyridine rings is 1. The molecule has 0 unspecified atom stereocenters. The Hall–Kier alpha value is -2.85. The number of amides is 1. The van der Waals surface area contributed by atoms with E-state index in [4.69, 9.17) is 9.88 Å². The van der Waals surface area contributed by atoms with Crippen LogP contribution in [0.4, 0.5) is 10.6 Å². The summed E-state index contributed by atoms with van der Waals surface area (Å²) < 4.78 is 29.4. The van der Waals surface area contributed by atoms with Gasteiger partial charge in [0.1, 0.15) is 18.2 Å². The van der Waals surface area contributed by atoms with Crippen molar-refractivity contribution < 1.29 is 23.1 Å². The molecular weight excluding hydrogens is 432 g/mol. The lowest BCUT2D eigenvalue weighted by Crippen LogP contribution is -2.41. The second-order valence-electron chi connectivity index (χ2n) is 8.69. The fourth-order valence-corrected chi connectivity index (χ4v) is 4.57. The highest BCUT2D eigenvalue weighted by Crippen LogP contribution is 2.34. The van der Waals surface area contributed by atoms with Crippen LogP contribution in [0.2, 0.25) is 0 Å². The van der Waals surface area contributed by atoms with Crippen LogP contribution in [0, 0.1) is 5.92 Å². The summed E-state index contributed by atoms with van der Waals surface area (Å²) in [5.41, 5.74) is 0.589. The quantitative estimate of drug-likeness (QED) is 0.487. The number of aromatic nitrogens is 1. The molecule has 2 aromatic rings. The normalized spacial score (nSPS) is 17.8. The molecule has 174 valence electrons. The molecule has 3 rings (SSSR count). The molecule has 32 heavy (non-hydrogen) atoms. The third-order valence-electron chi connectivity index (χ3n) is 5.60. The zero-order chi connectivity index (χ0) is 23.4. The number of carboxylic acid groups (broad SMARTS) is 1. The summed E-state index contributed by atoms with van der Waals surface area (Å²) in [5, 5.41) is 17.5. The van der Waals surface area contributed by atoms with Gasteiger partial charge in [-0.05, 0) is 44.6 Å². The Balaban J connectivity index is 1.59. The highest BCUT2D eigenvalue weighted by atomic mass is 32.2. The molecule has 10 heteroatoms. The van der Waals surface area contributed by atoms with Crippen LogP contribution in [0.15, 0.2) is 47.5 Å². The summed E-state index contributed by atoms with van der Waals surface area (Å²) >= 11 is 0. The largest absolute Gasteiger partial charge is 0.489 e.